The lowest BCUT2D eigenvalue weighted by atomic mass is 9.78. The summed E-state index contributed by atoms with van der Waals surface area (Å²) in [7, 11) is 4.66. The minimum Gasteiger partial charge on any atom is -0.507 e. The predicted molar refractivity (Wildman–Crippen MR) is 271 cm³/mol. The Kier molecular flexibility index (Phi) is 14.8. The Morgan fingerprint density at radius 3 is 1.96 bits per heavy atom. The van der Waals surface area contributed by atoms with Crippen molar-refractivity contribution in [1.82, 2.24) is 5.32 Å². The Morgan fingerprint density at radius 2 is 1.40 bits per heavy atom. The maximum Gasteiger partial charge on any atom is 0.312 e. The largest absolute Gasteiger partial charge is 0.507 e. The fourth-order valence-electron chi connectivity index (χ4n) is 10.8. The summed E-state index contributed by atoms with van der Waals surface area (Å²) in [6.07, 6.45) is 4.39. The second-order valence-corrected chi connectivity index (χ2v) is 20.0. The number of fused-ring (bicyclic) bond motifs is 13. The first-order valence-electron chi connectivity index (χ1n) is 24.5. The van der Waals surface area contributed by atoms with Crippen molar-refractivity contribution < 1.29 is 63.2 Å². The summed E-state index contributed by atoms with van der Waals surface area (Å²) in [6.45, 7) is 12.8. The van der Waals surface area contributed by atoms with E-state index in [1.165, 1.54) is 33.3 Å². The number of methoxy groups -OCH3 is 3. The lowest BCUT2D eigenvalue weighted by molar-refractivity contribution is -0.160. The van der Waals surface area contributed by atoms with Gasteiger partial charge in [0, 0.05) is 86.1 Å². The molecule has 9 rings (SSSR count). The van der Waals surface area contributed by atoms with E-state index in [4.69, 9.17) is 33.4 Å². The number of phenols is 2. The molecule has 5 aliphatic rings. The summed E-state index contributed by atoms with van der Waals surface area (Å²) in [4.78, 5) is 51.8. The molecule has 12 atom stereocenters. The number of Topliss-reactive ketones (excluding diaryl/α,β-unsaturated/α-hetero) is 1. The lowest BCUT2D eigenvalue weighted by Crippen LogP contribution is -2.48. The minimum atomic E-state index is -2.03. The summed E-state index contributed by atoms with van der Waals surface area (Å²) in [5, 5.41) is 55.1. The van der Waals surface area contributed by atoms with E-state index in [2.05, 4.69) is 15.6 Å². The molecule has 0 aliphatic carbocycles. The second-order valence-electron chi connectivity index (χ2n) is 20.0. The van der Waals surface area contributed by atoms with E-state index in [9.17, 15) is 30.0 Å². The van der Waals surface area contributed by atoms with E-state index < -0.39 is 88.7 Å². The summed E-state index contributed by atoms with van der Waals surface area (Å²) >= 11 is 0. The number of rotatable bonds is 6. The van der Waals surface area contributed by atoms with Gasteiger partial charge in [-0.15, -0.1) is 0 Å². The van der Waals surface area contributed by atoms with Crippen LogP contribution in [-0.2, 0) is 23.8 Å². The van der Waals surface area contributed by atoms with Crippen LogP contribution < -0.4 is 35.6 Å². The maximum absolute atomic E-state index is 15.1. The van der Waals surface area contributed by atoms with E-state index in [-0.39, 0.29) is 61.7 Å². The molecule has 1 saturated heterocycles. The molecule has 17 heteroatoms. The van der Waals surface area contributed by atoms with E-state index >= 15 is 4.79 Å². The van der Waals surface area contributed by atoms with Gasteiger partial charge in [-0.05, 0) is 55.3 Å². The van der Waals surface area contributed by atoms with Crippen LogP contribution in [0, 0.1) is 30.6 Å². The third-order valence-corrected chi connectivity index (χ3v) is 15.1. The van der Waals surface area contributed by atoms with Crippen LogP contribution in [-0.4, -0.2) is 95.3 Å². The number of aliphatic hydroxyl groups is 2. The zero-order valence-corrected chi connectivity index (χ0v) is 43.1. The van der Waals surface area contributed by atoms with Gasteiger partial charge < -0.3 is 59.5 Å². The average molecular weight is 1000 g/mol. The van der Waals surface area contributed by atoms with E-state index in [0.29, 0.717) is 24.3 Å². The molecule has 5 heterocycles. The number of piperidine rings is 1. The van der Waals surface area contributed by atoms with Crippen molar-refractivity contribution in [3.8, 4) is 28.7 Å². The highest BCUT2D eigenvalue weighted by molar-refractivity contribution is 6.21. The summed E-state index contributed by atoms with van der Waals surface area (Å²) in [5.74, 6) is -6.16. The molecule has 0 aromatic heterocycles. The van der Waals surface area contributed by atoms with Crippen molar-refractivity contribution in [2.75, 3.05) is 26.6 Å². The number of aromatic hydroxyl groups is 2. The molecule has 1 fully saturated rings. The Bertz CT molecular complexity index is 2970. The zero-order valence-electron chi connectivity index (χ0n) is 43.1. The highest BCUT2D eigenvalue weighted by atomic mass is 16.7. The molecule has 6 N–H and O–H groups in total. The molecule has 4 aromatic rings. The van der Waals surface area contributed by atoms with Crippen LogP contribution in [0.2, 0.25) is 0 Å². The van der Waals surface area contributed by atoms with Crippen molar-refractivity contribution in [2.24, 2.45) is 33.7 Å². The van der Waals surface area contributed by atoms with Crippen molar-refractivity contribution >= 4 is 34.1 Å². The van der Waals surface area contributed by atoms with Crippen LogP contribution in [0.25, 0.3) is 10.8 Å². The van der Waals surface area contributed by atoms with Gasteiger partial charge in [0.05, 0.1) is 55.4 Å². The van der Waals surface area contributed by atoms with Gasteiger partial charge in [-0.1, -0.05) is 70.2 Å². The molecular weight excluding hydrogens is 937 g/mol. The first kappa shape index (κ1) is 52.5. The number of benzene rings is 4. The standard InChI is InChI=1S/C56H66N4O13/c1-27-13-12-14-28(2)54(67)58-46-45-44(59-56(60-45)25-38(34-15-19-36(68-9)20-16-34)57-39(26-56)35-17-21-37(69-10)22-18-35)41-42(50(46)65)49(64)32(6)52-43(41)53(66)55(8,73-52)71-24-23-40(70-11)29(3)51(72-33(7)61)31(5)48(63)30(4)47(27)62/h12-24,27,29-31,38-40,47-48,51,57,59,62-65H,25-26H2,1-11H3/b13-12-,24-23?,28-14-,58-46?/t27-,29+,30+,31-,38-,39+,40-,47-,48-,51+,55-,56?/m0/s1. The summed E-state index contributed by atoms with van der Waals surface area (Å²) in [5.41, 5.74) is 1.21. The fraction of sp³-hybridized carbons (Fsp3) is 0.446. The number of ketones is 1. The van der Waals surface area contributed by atoms with Crippen molar-refractivity contribution in [3.05, 3.63) is 118 Å². The number of hydrogen-bond acceptors (Lipinski definition) is 16. The normalized spacial score (nSPS) is 31.6. The van der Waals surface area contributed by atoms with Gasteiger partial charge in [0.15, 0.2) is 5.75 Å². The zero-order chi connectivity index (χ0) is 52.8. The minimum absolute atomic E-state index is 0.00422. The van der Waals surface area contributed by atoms with Gasteiger partial charge in [-0.2, -0.15) is 0 Å². The molecule has 17 nitrogen and oxygen atoms in total. The average Bonchev–Trinajstić information content (AvgIpc) is 3.87. The molecule has 1 spiro atoms. The summed E-state index contributed by atoms with van der Waals surface area (Å²) < 4.78 is 35.3. The highest BCUT2D eigenvalue weighted by Crippen LogP contribution is 2.52. The van der Waals surface area contributed by atoms with Gasteiger partial charge in [-0.25, -0.2) is 4.99 Å². The van der Waals surface area contributed by atoms with Crippen molar-refractivity contribution in [3.63, 3.8) is 0 Å². The number of amides is 1. The molecule has 5 aliphatic heterocycles. The van der Waals surface area contributed by atoms with Gasteiger partial charge in [0.25, 0.3) is 11.7 Å². The van der Waals surface area contributed by atoms with Crippen LogP contribution in [0.3, 0.4) is 0 Å². The number of hydrogen-bond donors (Lipinski definition) is 6. The van der Waals surface area contributed by atoms with Gasteiger partial charge in [-0.3, -0.25) is 19.4 Å². The number of nitrogens with one attached hydrogen (secondary N) is 2. The van der Waals surface area contributed by atoms with Crippen LogP contribution in [0.4, 0.5) is 5.69 Å². The first-order chi connectivity index (χ1) is 34.7. The Hall–Kier alpha value is -6.79. The quantitative estimate of drug-likeness (QED) is 0.0853. The third kappa shape index (κ3) is 9.78. The Balaban J connectivity index is 1.34. The monoisotopic (exact) mass is 1000 g/mol. The molecule has 0 radical (unpaired) electrons. The van der Waals surface area contributed by atoms with Crippen molar-refractivity contribution in [1.29, 1.82) is 0 Å². The summed E-state index contributed by atoms with van der Waals surface area (Å²) in [6, 6.07) is 14.7. The Labute approximate surface area is 424 Å². The van der Waals surface area contributed by atoms with Crippen molar-refractivity contribution in [2.45, 2.75) is 116 Å². The van der Waals surface area contributed by atoms with Crippen LogP contribution in [0.5, 0.6) is 28.7 Å². The van der Waals surface area contributed by atoms with Gasteiger partial charge in [0.2, 0.25) is 0 Å². The lowest BCUT2D eigenvalue weighted by Gasteiger charge is -2.42. The number of esters is 1. The number of carbonyl (C=O) groups is 3. The SMILES string of the molecule is COc1ccc([C@@H]2CC3(C[C@H](c4ccc(OC)cc4)N2)N=c2c(c4c5c6c(C)c(O)c4c(O)c2=NC(=O)/C(C)=C\C=C/[C@H](C)[C@H](O)[C@@H](C)[C@H](O)[C@H](C)[C@H](OC(C)=O)[C@H](C)[C@@H](OC)C=CO[C@@](C)(O6)C5=O)N3)cc1. The first-order valence-corrected chi connectivity index (χ1v) is 24.5. The molecule has 5 bridgehead atoms. The fourth-order valence-corrected chi connectivity index (χ4v) is 10.8. The maximum atomic E-state index is 15.1. The van der Waals surface area contributed by atoms with E-state index in [0.717, 1.165) is 11.1 Å². The predicted octanol–water partition coefficient (Wildman–Crippen LogP) is 6.88. The van der Waals surface area contributed by atoms with Gasteiger partial charge >= 0.3 is 11.8 Å². The number of allylic oxidation sites excluding steroid dienone is 2. The molecule has 1 unspecified atom stereocenters. The number of aliphatic hydroxyl groups excluding tert-OH is 2. The number of phenolic OH excluding ortho intramolecular Hbond substituents is 2. The smallest absolute Gasteiger partial charge is 0.312 e. The number of carbonyl (C=O) groups excluding carboxylic acids is 3. The second kappa shape index (κ2) is 20.6. The molecule has 1 amide bonds. The number of anilines is 1. The van der Waals surface area contributed by atoms with Crippen LogP contribution >= 0.6 is 0 Å². The van der Waals surface area contributed by atoms with Crippen LogP contribution in [0.15, 0.2) is 94.7 Å². The van der Waals surface area contributed by atoms with Crippen LogP contribution in [0.1, 0.15) is 100 Å². The number of ether oxygens (including phenoxy) is 6. The molecule has 0 saturated carbocycles. The Morgan fingerprint density at radius 1 is 0.795 bits per heavy atom. The molecule has 4 aromatic carbocycles. The van der Waals surface area contributed by atoms with E-state index in [1.807, 2.05) is 48.5 Å². The topological polar surface area (TPSA) is 236 Å². The number of nitrogens with zero attached hydrogens (tertiary/aromatic N) is 2. The molecule has 73 heavy (non-hydrogen) atoms. The molecule has 388 valence electrons. The third-order valence-electron chi connectivity index (χ3n) is 15.1. The van der Waals surface area contributed by atoms with E-state index in [1.54, 1.807) is 74.0 Å². The highest BCUT2D eigenvalue weighted by Gasteiger charge is 2.51. The molecular formula is C56H66N4O13. The van der Waals surface area contributed by atoms with Gasteiger partial charge in [0.1, 0.15) is 45.5 Å².